The van der Waals surface area contributed by atoms with Gasteiger partial charge in [-0.25, -0.2) is 4.79 Å². The van der Waals surface area contributed by atoms with Gasteiger partial charge in [-0.1, -0.05) is 17.9 Å². The summed E-state index contributed by atoms with van der Waals surface area (Å²) < 4.78 is 5.18. The predicted octanol–water partition coefficient (Wildman–Crippen LogP) is 1.73. The number of rotatable bonds is 10. The second kappa shape index (κ2) is 18.8. The number of hydrogen-bond donors (Lipinski definition) is 6. The van der Waals surface area contributed by atoms with Gasteiger partial charge < -0.3 is 41.2 Å². The number of benzene rings is 1. The number of anilines is 1. The van der Waals surface area contributed by atoms with Crippen molar-refractivity contribution in [2.75, 3.05) is 49.6 Å². The molecule has 14 heteroatoms. The summed E-state index contributed by atoms with van der Waals surface area (Å²) in [5, 5.41) is 25.7. The van der Waals surface area contributed by atoms with E-state index in [2.05, 4.69) is 32.8 Å². The van der Waals surface area contributed by atoms with Gasteiger partial charge in [0.15, 0.2) is 5.76 Å². The van der Waals surface area contributed by atoms with E-state index in [4.69, 9.17) is 20.4 Å². The lowest BCUT2D eigenvalue weighted by Crippen LogP contribution is -2.44. The molecule has 5 amide bonds. The highest BCUT2D eigenvalue weighted by molar-refractivity contribution is 7.99. The molecule has 13 nitrogen and oxygen atoms in total. The summed E-state index contributed by atoms with van der Waals surface area (Å²) in [7, 11) is 0. The Balaban J connectivity index is 0.000000260. The van der Waals surface area contributed by atoms with Crippen LogP contribution in [0.15, 0.2) is 59.5 Å². The summed E-state index contributed by atoms with van der Waals surface area (Å²) in [6.07, 6.45) is 4.32. The van der Waals surface area contributed by atoms with Gasteiger partial charge in [-0.15, -0.1) is 0 Å². The van der Waals surface area contributed by atoms with Crippen molar-refractivity contribution >= 4 is 41.2 Å². The van der Waals surface area contributed by atoms with Gasteiger partial charge in [0.2, 0.25) is 11.8 Å². The summed E-state index contributed by atoms with van der Waals surface area (Å²) >= 11 is 1.85. The molecule has 2 aromatic heterocycles. The smallest absolute Gasteiger partial charge is 0.317 e. The van der Waals surface area contributed by atoms with Crippen LogP contribution in [0.4, 0.5) is 10.5 Å². The molecule has 1 fully saturated rings. The first-order valence-electron chi connectivity index (χ1n) is 14.5. The third-order valence-electron chi connectivity index (χ3n) is 6.46. The molecule has 1 atom stereocenters. The Kier molecular flexibility index (Phi) is 14.6. The number of nitrogens with zero attached hydrogens (tertiary/aromatic N) is 2. The molecule has 1 aliphatic rings. The molecule has 0 saturated carbocycles. The second-order valence-electron chi connectivity index (χ2n) is 10.1. The number of primary amides is 1. The van der Waals surface area contributed by atoms with Gasteiger partial charge in [0, 0.05) is 78.9 Å². The fraction of sp³-hybridized carbons (Fsp3) is 0.344. The zero-order valence-corrected chi connectivity index (χ0v) is 26.3. The molecule has 4 rings (SSSR count). The van der Waals surface area contributed by atoms with E-state index in [1.807, 2.05) is 17.8 Å². The van der Waals surface area contributed by atoms with Crippen LogP contribution in [0.5, 0.6) is 0 Å². The highest BCUT2D eigenvalue weighted by Crippen LogP contribution is 2.15. The van der Waals surface area contributed by atoms with Crippen LogP contribution in [0.25, 0.3) is 0 Å². The molecule has 46 heavy (non-hydrogen) atoms. The highest BCUT2D eigenvalue weighted by Gasteiger charge is 2.16. The van der Waals surface area contributed by atoms with Crippen LogP contribution in [-0.2, 0) is 4.79 Å². The summed E-state index contributed by atoms with van der Waals surface area (Å²) in [5.74, 6) is 7.04. The second-order valence-corrected chi connectivity index (χ2v) is 11.3. The number of thioether (sulfide) groups is 1. The lowest BCUT2D eigenvalue weighted by Gasteiger charge is -2.26. The van der Waals surface area contributed by atoms with E-state index in [0.29, 0.717) is 35.3 Å². The predicted molar refractivity (Wildman–Crippen MR) is 174 cm³/mol. The normalized spacial score (nSPS) is 12.8. The number of aliphatic hydroxyl groups excluding tert-OH is 2. The van der Waals surface area contributed by atoms with Crippen molar-refractivity contribution in [3.05, 3.63) is 83.1 Å². The number of aryl methyl sites for hydroxylation is 1. The van der Waals surface area contributed by atoms with E-state index in [1.54, 1.807) is 48.4 Å². The zero-order valence-electron chi connectivity index (χ0n) is 25.5. The number of aliphatic hydroxyl groups is 2. The monoisotopic (exact) mass is 650 g/mol. The molecule has 0 bridgehead atoms. The molecule has 1 aliphatic heterocycles. The Bertz CT molecular complexity index is 1540. The van der Waals surface area contributed by atoms with Gasteiger partial charge in [-0.2, -0.15) is 11.8 Å². The number of nitrogens with two attached hydrogens (primary N) is 1. The van der Waals surface area contributed by atoms with Crippen molar-refractivity contribution in [3.8, 4) is 11.8 Å². The van der Waals surface area contributed by atoms with Crippen LogP contribution in [0.2, 0.25) is 0 Å². The Morgan fingerprint density at radius 2 is 1.85 bits per heavy atom. The van der Waals surface area contributed by atoms with Crippen LogP contribution in [-0.4, -0.2) is 94.2 Å². The van der Waals surface area contributed by atoms with Crippen molar-refractivity contribution in [2.24, 2.45) is 5.73 Å². The molecule has 3 heterocycles. The number of carbonyl (C=O) groups is 4. The molecular weight excluding hydrogens is 612 g/mol. The molecular formula is C32H38N6O7S. The van der Waals surface area contributed by atoms with Gasteiger partial charge in [0.1, 0.15) is 0 Å². The average Bonchev–Trinajstić information content (AvgIpc) is 3.51. The standard InChI is InChI=1S/C20H15N3O3.C12H23N3O4S/c1-13-7-8-26-18(13)20(25)23-17-4-2-3-14(10-17)5-6-15-9-16(19(21)24)12-22-11-15;16-9-10(17)8-14-11(18)2-1-3-13-12(19)15-4-6-20-7-5-15/h2-4,7-12H,1H3,(H2,21,24)(H,23,25);10,16-17H,1-9H2,(H,13,19)(H,14,18). The molecule has 1 aromatic carbocycles. The Morgan fingerprint density at radius 1 is 1.09 bits per heavy atom. The number of pyridine rings is 1. The first kappa shape index (κ1) is 35.6. The molecule has 244 valence electrons. The van der Waals surface area contributed by atoms with Crippen LogP contribution in [0.1, 0.15) is 50.4 Å². The molecule has 0 aliphatic carbocycles. The van der Waals surface area contributed by atoms with E-state index in [1.165, 1.54) is 12.5 Å². The van der Waals surface area contributed by atoms with Crippen LogP contribution in [0.3, 0.4) is 0 Å². The summed E-state index contributed by atoms with van der Waals surface area (Å²) in [4.78, 5) is 52.2. The average molecular weight is 651 g/mol. The van der Waals surface area contributed by atoms with Crippen molar-refractivity contribution in [2.45, 2.75) is 25.9 Å². The van der Waals surface area contributed by atoms with E-state index < -0.39 is 12.0 Å². The van der Waals surface area contributed by atoms with Gasteiger partial charge >= 0.3 is 6.03 Å². The Morgan fingerprint density at radius 3 is 2.54 bits per heavy atom. The van der Waals surface area contributed by atoms with E-state index in [9.17, 15) is 19.2 Å². The Labute approximate surface area is 271 Å². The quantitative estimate of drug-likeness (QED) is 0.140. The van der Waals surface area contributed by atoms with Crippen molar-refractivity contribution in [1.29, 1.82) is 0 Å². The van der Waals surface area contributed by atoms with Crippen molar-refractivity contribution in [3.63, 3.8) is 0 Å². The maximum Gasteiger partial charge on any atom is 0.317 e. The molecule has 0 spiro atoms. The number of urea groups is 1. The topological polar surface area (TPSA) is 200 Å². The minimum atomic E-state index is -0.921. The van der Waals surface area contributed by atoms with Gasteiger partial charge in [-0.05, 0) is 43.7 Å². The maximum atomic E-state index is 12.2. The maximum absolute atomic E-state index is 12.2. The molecule has 3 aromatic rings. The SMILES string of the molecule is Cc1ccoc1C(=O)Nc1cccc(C#Cc2cncc(C(N)=O)c2)c1.O=C(CCCNC(=O)N1CCSCC1)NCC(O)CO. The summed E-state index contributed by atoms with van der Waals surface area (Å²) in [5.41, 5.74) is 8.16. The van der Waals surface area contributed by atoms with E-state index in [-0.39, 0.29) is 43.2 Å². The number of furan rings is 1. The van der Waals surface area contributed by atoms with E-state index >= 15 is 0 Å². The van der Waals surface area contributed by atoms with Gasteiger partial charge in [-0.3, -0.25) is 19.4 Å². The number of hydrogen-bond acceptors (Lipinski definition) is 9. The third-order valence-corrected chi connectivity index (χ3v) is 7.41. The number of nitrogens with one attached hydrogen (secondary N) is 3. The van der Waals surface area contributed by atoms with Gasteiger partial charge in [0.25, 0.3) is 5.91 Å². The largest absolute Gasteiger partial charge is 0.459 e. The summed E-state index contributed by atoms with van der Waals surface area (Å²) in [6.45, 7) is 3.48. The van der Waals surface area contributed by atoms with Crippen LogP contribution in [0, 0.1) is 18.8 Å². The minimum absolute atomic E-state index is 0.0487. The summed E-state index contributed by atoms with van der Waals surface area (Å²) in [6, 6.07) is 10.3. The Hall–Kier alpha value is -4.84. The van der Waals surface area contributed by atoms with E-state index in [0.717, 1.165) is 30.2 Å². The molecule has 1 saturated heterocycles. The highest BCUT2D eigenvalue weighted by atomic mass is 32.2. The molecule has 1 unspecified atom stereocenters. The lowest BCUT2D eigenvalue weighted by molar-refractivity contribution is -0.121. The van der Waals surface area contributed by atoms with Crippen molar-refractivity contribution < 1.29 is 33.8 Å². The number of amides is 5. The first-order valence-corrected chi connectivity index (χ1v) is 15.7. The third kappa shape index (κ3) is 12.3. The molecule has 7 N–H and O–H groups in total. The first-order chi connectivity index (χ1) is 22.2. The van der Waals surface area contributed by atoms with Crippen LogP contribution < -0.4 is 21.7 Å². The fourth-order valence-corrected chi connectivity index (χ4v) is 4.87. The zero-order chi connectivity index (χ0) is 33.3. The fourth-order valence-electron chi connectivity index (χ4n) is 3.96. The van der Waals surface area contributed by atoms with Gasteiger partial charge in [0.05, 0.1) is 24.5 Å². The lowest BCUT2D eigenvalue weighted by atomic mass is 10.1. The number of carbonyl (C=O) groups excluding carboxylic acids is 4. The van der Waals surface area contributed by atoms with Crippen molar-refractivity contribution in [1.82, 2.24) is 20.5 Å². The number of aromatic nitrogens is 1. The molecule has 0 radical (unpaired) electrons. The minimum Gasteiger partial charge on any atom is -0.459 e. The van der Waals surface area contributed by atoms with Crippen LogP contribution >= 0.6 is 11.8 Å².